The lowest BCUT2D eigenvalue weighted by molar-refractivity contribution is -0.151. The number of H-pyrrole nitrogens is 1. The van der Waals surface area contributed by atoms with Crippen molar-refractivity contribution in [3.8, 4) is 5.75 Å². The highest BCUT2D eigenvalue weighted by Crippen LogP contribution is 2.53. The minimum Gasteiger partial charge on any atom is -0.463 e. The van der Waals surface area contributed by atoms with Gasteiger partial charge in [0.2, 0.25) is 5.82 Å². The van der Waals surface area contributed by atoms with E-state index in [0.29, 0.717) is 10.8 Å². The predicted octanol–water partition coefficient (Wildman–Crippen LogP) is 3.15. The quantitative estimate of drug-likeness (QED) is 0.227. The standard InChI is InChI=1S/C24H30ClF2N2O9P/c1-13(2)35-21(32)14(3)11-39(34,38-16-8-6-5-7-9-16)37-15(4)18-19(30)24(25,12-26)22(36-18)29-10-17(27)20(31)28-23(29)33/h5-10,13-15,18-19,22,30H,11-12H2,1-4H3,(H,28,31,33)/t14-,15-,18-,19+,22-,24?,39+/m1/s1. The molecule has 1 saturated heterocycles. The van der Waals surface area contributed by atoms with Gasteiger partial charge in [-0.15, -0.1) is 11.6 Å². The molecular formula is C24H30ClF2N2O9P. The zero-order chi connectivity index (χ0) is 29.1. The Kier molecular flexibility index (Phi) is 9.77. The summed E-state index contributed by atoms with van der Waals surface area (Å²) in [7, 11) is -4.20. The van der Waals surface area contributed by atoms with Crippen LogP contribution in [-0.2, 0) is 23.4 Å². The number of benzene rings is 1. The second-order valence-electron chi connectivity index (χ2n) is 9.50. The van der Waals surface area contributed by atoms with Gasteiger partial charge in [-0.3, -0.25) is 23.7 Å². The molecule has 1 unspecified atom stereocenters. The smallest absolute Gasteiger partial charge is 0.380 e. The molecule has 1 fully saturated rings. The lowest BCUT2D eigenvalue weighted by Crippen LogP contribution is -2.48. The monoisotopic (exact) mass is 594 g/mol. The summed E-state index contributed by atoms with van der Waals surface area (Å²) < 4.78 is 64.8. The molecule has 1 aromatic carbocycles. The highest BCUT2D eigenvalue weighted by molar-refractivity contribution is 7.54. The van der Waals surface area contributed by atoms with E-state index in [0.717, 1.165) is 0 Å². The molecule has 1 aliphatic heterocycles. The number of carbonyl (C=O) groups is 1. The van der Waals surface area contributed by atoms with Crippen LogP contribution in [0, 0.1) is 11.7 Å². The Balaban J connectivity index is 1.91. The molecule has 0 radical (unpaired) electrons. The Labute approximate surface area is 227 Å². The summed E-state index contributed by atoms with van der Waals surface area (Å²) in [6.07, 6.45) is -6.85. The number of nitrogens with one attached hydrogen (secondary N) is 1. The Morgan fingerprint density at radius 1 is 1.26 bits per heavy atom. The van der Waals surface area contributed by atoms with Crippen LogP contribution in [0.5, 0.6) is 5.75 Å². The molecule has 0 spiro atoms. The van der Waals surface area contributed by atoms with Gasteiger partial charge in [-0.05, 0) is 32.9 Å². The van der Waals surface area contributed by atoms with E-state index >= 15 is 0 Å². The van der Waals surface area contributed by atoms with Crippen LogP contribution in [0.4, 0.5) is 8.78 Å². The summed E-state index contributed by atoms with van der Waals surface area (Å²) in [5, 5.41) is 10.9. The number of esters is 1. The Hall–Kier alpha value is -2.57. The molecule has 0 saturated carbocycles. The zero-order valence-corrected chi connectivity index (χ0v) is 23.2. The fourth-order valence-corrected chi connectivity index (χ4v) is 6.39. The highest BCUT2D eigenvalue weighted by atomic mass is 35.5. The fourth-order valence-electron chi connectivity index (χ4n) is 4.02. The number of alkyl halides is 2. The van der Waals surface area contributed by atoms with Gasteiger partial charge in [0.15, 0.2) is 6.23 Å². The van der Waals surface area contributed by atoms with Gasteiger partial charge in [0.05, 0.1) is 30.5 Å². The van der Waals surface area contributed by atoms with E-state index in [1.54, 1.807) is 37.0 Å². The summed E-state index contributed by atoms with van der Waals surface area (Å²) in [5.41, 5.74) is -2.48. The lowest BCUT2D eigenvalue weighted by Gasteiger charge is -2.29. The maximum absolute atomic E-state index is 14.2. The molecule has 0 bridgehead atoms. The zero-order valence-electron chi connectivity index (χ0n) is 21.6. The van der Waals surface area contributed by atoms with Crippen molar-refractivity contribution in [1.82, 2.24) is 9.55 Å². The molecule has 0 aliphatic carbocycles. The van der Waals surface area contributed by atoms with Crippen LogP contribution in [0.3, 0.4) is 0 Å². The number of hydrogen-bond donors (Lipinski definition) is 2. The minimum absolute atomic E-state index is 0.161. The van der Waals surface area contributed by atoms with E-state index in [9.17, 15) is 32.8 Å². The third-order valence-electron chi connectivity index (χ3n) is 5.91. The summed E-state index contributed by atoms with van der Waals surface area (Å²) in [6.45, 7) is 4.68. The maximum Gasteiger partial charge on any atom is 0.380 e. The number of nitrogens with zero attached hydrogens (tertiary/aromatic N) is 1. The first-order chi connectivity index (χ1) is 18.2. The number of ether oxygens (including phenoxy) is 2. The number of carbonyl (C=O) groups excluding carboxylic acids is 1. The number of aliphatic hydroxyl groups excluding tert-OH is 1. The van der Waals surface area contributed by atoms with Crippen molar-refractivity contribution in [2.24, 2.45) is 5.92 Å². The van der Waals surface area contributed by atoms with Gasteiger partial charge < -0.3 is 19.1 Å². The third kappa shape index (κ3) is 6.96. The molecule has 2 heterocycles. The number of hydrogen-bond acceptors (Lipinski definition) is 9. The molecule has 11 nitrogen and oxygen atoms in total. The molecule has 2 aromatic rings. The number of halogens is 3. The van der Waals surface area contributed by atoms with E-state index in [-0.39, 0.29) is 5.75 Å². The van der Waals surface area contributed by atoms with Crippen LogP contribution in [0.1, 0.15) is 33.9 Å². The molecule has 2 N–H and O–H groups in total. The average molecular weight is 595 g/mol. The molecule has 3 rings (SSSR count). The fraction of sp³-hybridized carbons (Fsp3) is 0.542. The Morgan fingerprint density at radius 3 is 2.49 bits per heavy atom. The SMILES string of the molecule is CC(C)OC(=O)[C@H](C)C[P@@](=O)(Oc1ccccc1)O[C@H](C)[C@H]1O[C@@H](n2cc(F)c(=O)[nH]c2=O)C(Cl)(CF)[C@H]1O. The van der Waals surface area contributed by atoms with Crippen LogP contribution in [-0.4, -0.2) is 62.8 Å². The second-order valence-corrected chi connectivity index (χ2v) is 12.2. The van der Waals surface area contributed by atoms with Crippen molar-refractivity contribution < 1.29 is 41.8 Å². The Bertz CT molecular complexity index is 1320. The average Bonchev–Trinajstić information content (AvgIpc) is 3.12. The van der Waals surface area contributed by atoms with E-state index < -0.39 is 84.9 Å². The predicted molar refractivity (Wildman–Crippen MR) is 136 cm³/mol. The largest absolute Gasteiger partial charge is 0.463 e. The van der Waals surface area contributed by atoms with Gasteiger partial charge in [-0.2, -0.15) is 4.39 Å². The number of aromatic amines is 1. The van der Waals surface area contributed by atoms with Gasteiger partial charge in [-0.1, -0.05) is 25.1 Å². The molecular weight excluding hydrogens is 565 g/mol. The summed E-state index contributed by atoms with van der Waals surface area (Å²) in [6, 6.07) is 7.97. The van der Waals surface area contributed by atoms with Crippen molar-refractivity contribution in [3.05, 3.63) is 63.2 Å². The van der Waals surface area contributed by atoms with Gasteiger partial charge in [0.25, 0.3) is 5.56 Å². The first-order valence-electron chi connectivity index (χ1n) is 12.0. The molecule has 39 heavy (non-hydrogen) atoms. The third-order valence-corrected chi connectivity index (χ3v) is 8.56. The normalized spacial score (nSPS) is 26.1. The first-order valence-corrected chi connectivity index (χ1v) is 14.1. The topological polar surface area (TPSA) is 146 Å². The van der Waals surface area contributed by atoms with Crippen molar-refractivity contribution >= 4 is 25.2 Å². The first kappa shape index (κ1) is 31.0. The van der Waals surface area contributed by atoms with Crippen molar-refractivity contribution in [2.75, 3.05) is 12.8 Å². The van der Waals surface area contributed by atoms with Gasteiger partial charge in [-0.25, -0.2) is 13.8 Å². The van der Waals surface area contributed by atoms with Gasteiger partial charge >= 0.3 is 19.3 Å². The van der Waals surface area contributed by atoms with Gasteiger partial charge in [0, 0.05) is 0 Å². The van der Waals surface area contributed by atoms with Crippen LogP contribution >= 0.6 is 19.2 Å². The molecule has 15 heteroatoms. The molecule has 0 amide bonds. The summed E-state index contributed by atoms with van der Waals surface area (Å²) in [5.74, 6) is -2.79. The minimum atomic E-state index is -4.20. The van der Waals surface area contributed by atoms with Crippen molar-refractivity contribution in [3.63, 3.8) is 0 Å². The maximum atomic E-state index is 14.2. The van der Waals surface area contributed by atoms with Crippen LogP contribution in [0.25, 0.3) is 0 Å². The van der Waals surface area contributed by atoms with Crippen LogP contribution < -0.4 is 15.8 Å². The van der Waals surface area contributed by atoms with Crippen molar-refractivity contribution in [1.29, 1.82) is 0 Å². The Morgan fingerprint density at radius 2 is 1.90 bits per heavy atom. The van der Waals surface area contributed by atoms with E-state index in [1.165, 1.54) is 26.0 Å². The number of aromatic nitrogens is 2. The van der Waals surface area contributed by atoms with E-state index in [1.807, 2.05) is 0 Å². The summed E-state index contributed by atoms with van der Waals surface area (Å²) >= 11 is 6.34. The molecule has 1 aromatic heterocycles. The number of aliphatic hydroxyl groups is 1. The molecule has 1 aliphatic rings. The number of rotatable bonds is 11. The van der Waals surface area contributed by atoms with Crippen molar-refractivity contribution in [2.45, 2.75) is 63.2 Å². The number of para-hydroxylation sites is 1. The molecule has 216 valence electrons. The summed E-state index contributed by atoms with van der Waals surface area (Å²) in [4.78, 5) is 35.6. The van der Waals surface area contributed by atoms with E-state index in [4.69, 9.17) is 30.1 Å². The second kappa shape index (κ2) is 12.3. The molecule has 7 atom stereocenters. The lowest BCUT2D eigenvalue weighted by atomic mass is 9.97. The van der Waals surface area contributed by atoms with Crippen LogP contribution in [0.2, 0.25) is 0 Å². The highest BCUT2D eigenvalue weighted by Gasteiger charge is 2.59. The van der Waals surface area contributed by atoms with Crippen LogP contribution in [0.15, 0.2) is 46.1 Å². The van der Waals surface area contributed by atoms with E-state index in [2.05, 4.69) is 0 Å². The van der Waals surface area contributed by atoms with Gasteiger partial charge in [0.1, 0.15) is 29.5 Å².